The highest BCUT2D eigenvalue weighted by molar-refractivity contribution is 6.05. The number of carboxylic acid groups (broad SMARTS) is 1. The summed E-state index contributed by atoms with van der Waals surface area (Å²) in [5.74, 6) is -2.18. The Morgan fingerprint density at radius 3 is 2.25 bits per heavy atom. The maximum atomic E-state index is 13.2. The first-order chi connectivity index (χ1) is 16.8. The SMILES string of the molecule is CC(C)(C)C(NC(=O)c1ccc2ccc(C#N)cc2c1OCc1ccc(OC(F)(F)F)cc1)C(=O)O. The maximum absolute atomic E-state index is 13.2. The van der Waals surface area contributed by atoms with Gasteiger partial charge in [0, 0.05) is 5.39 Å². The van der Waals surface area contributed by atoms with Crippen LogP contribution in [-0.2, 0) is 11.4 Å². The van der Waals surface area contributed by atoms with Crippen molar-refractivity contribution in [3.8, 4) is 17.6 Å². The van der Waals surface area contributed by atoms with Crippen molar-refractivity contribution in [2.24, 2.45) is 5.41 Å². The van der Waals surface area contributed by atoms with Gasteiger partial charge in [0.1, 0.15) is 24.1 Å². The Hall–Kier alpha value is -4.26. The molecule has 0 aliphatic carbocycles. The number of aliphatic carboxylic acids is 1. The maximum Gasteiger partial charge on any atom is 0.573 e. The second-order valence-electron chi connectivity index (χ2n) is 9.08. The number of rotatable bonds is 7. The molecular weight excluding hydrogens is 477 g/mol. The van der Waals surface area contributed by atoms with Crippen LogP contribution in [0.3, 0.4) is 0 Å². The number of nitriles is 1. The molecule has 7 nitrogen and oxygen atoms in total. The van der Waals surface area contributed by atoms with E-state index in [0.717, 1.165) is 12.1 Å². The number of carbonyl (C=O) groups is 2. The lowest BCUT2D eigenvalue weighted by atomic mass is 9.86. The molecule has 0 fully saturated rings. The van der Waals surface area contributed by atoms with Crippen LogP contribution in [0.2, 0.25) is 0 Å². The zero-order valence-corrected chi connectivity index (χ0v) is 19.6. The van der Waals surface area contributed by atoms with Crippen LogP contribution in [-0.4, -0.2) is 29.4 Å². The van der Waals surface area contributed by atoms with E-state index < -0.39 is 35.4 Å². The Morgan fingerprint density at radius 1 is 1.06 bits per heavy atom. The molecule has 0 aromatic heterocycles. The van der Waals surface area contributed by atoms with Gasteiger partial charge in [-0.05, 0) is 46.7 Å². The molecule has 0 aliphatic rings. The topological polar surface area (TPSA) is 109 Å². The zero-order chi connectivity index (χ0) is 26.7. The van der Waals surface area contributed by atoms with Gasteiger partial charge in [-0.3, -0.25) is 4.79 Å². The first-order valence-electron chi connectivity index (χ1n) is 10.8. The number of hydrogen-bond acceptors (Lipinski definition) is 5. The van der Waals surface area contributed by atoms with Gasteiger partial charge in [0.25, 0.3) is 5.91 Å². The highest BCUT2D eigenvalue weighted by Crippen LogP contribution is 2.33. The van der Waals surface area contributed by atoms with Gasteiger partial charge < -0.3 is 19.9 Å². The second kappa shape index (κ2) is 10.2. The Bertz CT molecular complexity index is 1320. The predicted octanol–water partition coefficient (Wildman–Crippen LogP) is 5.42. The van der Waals surface area contributed by atoms with Crippen molar-refractivity contribution >= 4 is 22.6 Å². The fourth-order valence-electron chi connectivity index (χ4n) is 3.50. The highest BCUT2D eigenvalue weighted by Gasteiger charge is 2.34. The van der Waals surface area contributed by atoms with Crippen molar-refractivity contribution in [3.05, 3.63) is 71.3 Å². The average molecular weight is 500 g/mol. The molecule has 188 valence electrons. The van der Waals surface area contributed by atoms with E-state index in [9.17, 15) is 33.1 Å². The lowest BCUT2D eigenvalue weighted by molar-refractivity contribution is -0.274. The minimum absolute atomic E-state index is 0.0464. The number of carboxylic acids is 1. The van der Waals surface area contributed by atoms with Crippen molar-refractivity contribution in [3.63, 3.8) is 0 Å². The number of hydrogen-bond donors (Lipinski definition) is 2. The second-order valence-corrected chi connectivity index (χ2v) is 9.08. The molecule has 0 radical (unpaired) electrons. The van der Waals surface area contributed by atoms with E-state index in [1.54, 1.807) is 45.0 Å². The van der Waals surface area contributed by atoms with Crippen LogP contribution in [0.15, 0.2) is 54.6 Å². The van der Waals surface area contributed by atoms with Gasteiger partial charge in [0.15, 0.2) is 0 Å². The van der Waals surface area contributed by atoms with Crippen LogP contribution in [0.4, 0.5) is 13.2 Å². The van der Waals surface area contributed by atoms with Gasteiger partial charge in [0.05, 0.1) is 17.2 Å². The van der Waals surface area contributed by atoms with Crippen LogP contribution < -0.4 is 14.8 Å². The van der Waals surface area contributed by atoms with E-state index in [4.69, 9.17) is 4.74 Å². The third kappa shape index (κ3) is 6.44. The van der Waals surface area contributed by atoms with Gasteiger partial charge >= 0.3 is 12.3 Å². The molecule has 0 saturated heterocycles. The molecule has 3 rings (SSSR count). The summed E-state index contributed by atoms with van der Waals surface area (Å²) in [5.41, 5.74) is 0.0670. The van der Waals surface area contributed by atoms with E-state index in [2.05, 4.69) is 10.1 Å². The van der Waals surface area contributed by atoms with E-state index in [1.165, 1.54) is 18.2 Å². The molecule has 0 saturated carbocycles. The fourth-order valence-corrected chi connectivity index (χ4v) is 3.50. The van der Waals surface area contributed by atoms with E-state index in [0.29, 0.717) is 21.9 Å². The number of benzene rings is 3. The molecule has 3 aromatic rings. The fraction of sp³-hybridized carbons (Fsp3) is 0.269. The first kappa shape index (κ1) is 26.3. The average Bonchev–Trinajstić information content (AvgIpc) is 2.79. The minimum atomic E-state index is -4.82. The quantitative estimate of drug-likeness (QED) is 0.449. The molecule has 0 bridgehead atoms. The summed E-state index contributed by atoms with van der Waals surface area (Å²) < 4.78 is 47.0. The number of alkyl halides is 3. The number of nitrogens with zero attached hydrogens (tertiary/aromatic N) is 1. The summed E-state index contributed by atoms with van der Waals surface area (Å²) in [5, 5.41) is 22.6. The predicted molar refractivity (Wildman–Crippen MR) is 124 cm³/mol. The normalized spacial score (nSPS) is 12.5. The Morgan fingerprint density at radius 2 is 1.69 bits per heavy atom. The van der Waals surface area contributed by atoms with Gasteiger partial charge in [-0.15, -0.1) is 13.2 Å². The summed E-state index contributed by atoms with van der Waals surface area (Å²) in [4.78, 5) is 24.9. The third-order valence-electron chi connectivity index (χ3n) is 5.27. The van der Waals surface area contributed by atoms with Crippen molar-refractivity contribution in [2.75, 3.05) is 0 Å². The molecule has 10 heteroatoms. The number of halogens is 3. The summed E-state index contributed by atoms with van der Waals surface area (Å²) >= 11 is 0. The van der Waals surface area contributed by atoms with Crippen LogP contribution in [0.25, 0.3) is 10.8 Å². The summed E-state index contributed by atoms with van der Waals surface area (Å²) in [7, 11) is 0. The smallest absolute Gasteiger partial charge is 0.487 e. The molecule has 1 unspecified atom stereocenters. The molecule has 0 aliphatic heterocycles. The van der Waals surface area contributed by atoms with Gasteiger partial charge in [-0.25, -0.2) is 4.79 Å². The summed E-state index contributed by atoms with van der Waals surface area (Å²) in [6.45, 7) is 4.91. The van der Waals surface area contributed by atoms with E-state index in [-0.39, 0.29) is 17.9 Å². The minimum Gasteiger partial charge on any atom is -0.487 e. The largest absolute Gasteiger partial charge is 0.573 e. The standard InChI is InChI=1S/C26H23F3N2O5/c1-25(2,3)22(24(33)34)31-23(32)19-11-8-17-7-4-16(13-30)12-20(17)21(19)35-14-15-5-9-18(10-6-15)36-26(27,28)29/h4-12,22H,14H2,1-3H3,(H,31,32)(H,33,34). The lowest BCUT2D eigenvalue weighted by Gasteiger charge is -2.28. The third-order valence-corrected chi connectivity index (χ3v) is 5.27. The van der Waals surface area contributed by atoms with Crippen molar-refractivity contribution in [1.29, 1.82) is 5.26 Å². The van der Waals surface area contributed by atoms with Gasteiger partial charge in [-0.1, -0.05) is 45.0 Å². The number of nitrogens with one attached hydrogen (secondary N) is 1. The molecule has 0 spiro atoms. The number of fused-ring (bicyclic) bond motifs is 1. The van der Waals surface area contributed by atoms with Crippen LogP contribution in [0.5, 0.6) is 11.5 Å². The van der Waals surface area contributed by atoms with Crippen molar-refractivity contribution in [2.45, 2.75) is 39.8 Å². The number of carbonyl (C=O) groups excluding carboxylic acids is 1. The first-order valence-corrected chi connectivity index (χ1v) is 10.8. The Labute approximate surface area is 205 Å². The monoisotopic (exact) mass is 500 g/mol. The lowest BCUT2D eigenvalue weighted by Crippen LogP contribution is -2.49. The highest BCUT2D eigenvalue weighted by atomic mass is 19.4. The van der Waals surface area contributed by atoms with Crippen molar-refractivity contribution < 1.29 is 37.3 Å². The molecule has 36 heavy (non-hydrogen) atoms. The Kier molecular flexibility index (Phi) is 7.43. The molecule has 0 heterocycles. The van der Waals surface area contributed by atoms with Crippen LogP contribution >= 0.6 is 0 Å². The molecule has 3 aromatic carbocycles. The molecular formula is C26H23F3N2O5. The van der Waals surface area contributed by atoms with Crippen molar-refractivity contribution in [1.82, 2.24) is 5.32 Å². The van der Waals surface area contributed by atoms with E-state index >= 15 is 0 Å². The van der Waals surface area contributed by atoms with Gasteiger partial charge in [-0.2, -0.15) is 5.26 Å². The molecule has 1 amide bonds. The zero-order valence-electron chi connectivity index (χ0n) is 19.6. The molecule has 1 atom stereocenters. The number of amides is 1. The summed E-state index contributed by atoms with van der Waals surface area (Å²) in [6.07, 6.45) is -4.82. The Balaban J connectivity index is 1.97. The molecule has 2 N–H and O–H groups in total. The summed E-state index contributed by atoms with van der Waals surface area (Å²) in [6, 6.07) is 13.8. The number of ether oxygens (including phenoxy) is 2. The van der Waals surface area contributed by atoms with E-state index in [1.807, 2.05) is 6.07 Å². The van der Waals surface area contributed by atoms with Crippen LogP contribution in [0, 0.1) is 16.7 Å². The van der Waals surface area contributed by atoms with Gasteiger partial charge in [0.2, 0.25) is 0 Å². The van der Waals surface area contributed by atoms with Crippen LogP contribution in [0.1, 0.15) is 42.3 Å².